The predicted molar refractivity (Wildman–Crippen MR) is 90.5 cm³/mol. The molecule has 2 unspecified atom stereocenters. The molecule has 1 aromatic rings. The Balaban J connectivity index is 2.64. The Kier molecular flexibility index (Phi) is 8.25. The van der Waals surface area contributed by atoms with E-state index in [4.69, 9.17) is 11.6 Å². The fourth-order valence-corrected chi connectivity index (χ4v) is 3.01. The molecule has 1 nitrogen and oxygen atoms in total. The van der Waals surface area contributed by atoms with E-state index in [0.29, 0.717) is 12.0 Å². The van der Waals surface area contributed by atoms with E-state index in [-0.39, 0.29) is 0 Å². The molecular formula is C18H30ClN. The molecule has 20 heavy (non-hydrogen) atoms. The van der Waals surface area contributed by atoms with Crippen LogP contribution in [0.1, 0.15) is 52.5 Å². The topological polar surface area (TPSA) is 12.0 Å². The van der Waals surface area contributed by atoms with Gasteiger partial charge < -0.3 is 5.32 Å². The number of hydrogen-bond donors (Lipinski definition) is 1. The summed E-state index contributed by atoms with van der Waals surface area (Å²) in [6.45, 7) is 10.1. The summed E-state index contributed by atoms with van der Waals surface area (Å²) in [7, 11) is 0. The van der Waals surface area contributed by atoms with E-state index < -0.39 is 0 Å². The molecule has 0 aliphatic carbocycles. The van der Waals surface area contributed by atoms with Crippen molar-refractivity contribution >= 4 is 11.6 Å². The van der Waals surface area contributed by atoms with Crippen LogP contribution in [-0.4, -0.2) is 12.6 Å². The lowest BCUT2D eigenvalue weighted by Gasteiger charge is -2.23. The minimum absolute atomic E-state index is 0.547. The molecule has 0 heterocycles. The Morgan fingerprint density at radius 3 is 2.45 bits per heavy atom. The van der Waals surface area contributed by atoms with Crippen LogP contribution >= 0.6 is 11.6 Å². The highest BCUT2D eigenvalue weighted by Gasteiger charge is 2.15. The Bertz CT molecular complexity index is 375. The highest BCUT2D eigenvalue weighted by Crippen LogP contribution is 2.24. The Morgan fingerprint density at radius 2 is 1.85 bits per heavy atom. The van der Waals surface area contributed by atoms with Crippen LogP contribution in [0.2, 0.25) is 5.02 Å². The smallest absolute Gasteiger partial charge is 0.0438 e. The van der Waals surface area contributed by atoms with Crippen molar-refractivity contribution in [3.8, 4) is 0 Å². The summed E-state index contributed by atoms with van der Waals surface area (Å²) in [6.07, 6.45) is 4.95. The summed E-state index contributed by atoms with van der Waals surface area (Å²) >= 11 is 6.31. The van der Waals surface area contributed by atoms with Crippen molar-refractivity contribution in [2.45, 2.75) is 59.4 Å². The van der Waals surface area contributed by atoms with Crippen molar-refractivity contribution in [3.05, 3.63) is 34.9 Å². The normalized spacial score (nSPS) is 14.5. The van der Waals surface area contributed by atoms with Crippen molar-refractivity contribution in [2.24, 2.45) is 11.8 Å². The third-order valence-electron chi connectivity index (χ3n) is 3.80. The first-order chi connectivity index (χ1) is 9.52. The summed E-state index contributed by atoms with van der Waals surface area (Å²) in [6, 6.07) is 8.80. The first-order valence-corrected chi connectivity index (χ1v) is 8.37. The third-order valence-corrected chi connectivity index (χ3v) is 4.17. The fraction of sp³-hybridized carbons (Fsp3) is 0.667. The largest absolute Gasteiger partial charge is 0.314 e. The number of hydrogen-bond acceptors (Lipinski definition) is 1. The maximum absolute atomic E-state index is 6.31. The van der Waals surface area contributed by atoms with Gasteiger partial charge in [0.2, 0.25) is 0 Å². The first kappa shape index (κ1) is 17.5. The minimum Gasteiger partial charge on any atom is -0.314 e. The van der Waals surface area contributed by atoms with E-state index in [1.54, 1.807) is 0 Å². The third kappa shape index (κ3) is 6.76. The average molecular weight is 296 g/mol. The highest BCUT2D eigenvalue weighted by atomic mass is 35.5. The van der Waals surface area contributed by atoms with Crippen LogP contribution in [0.3, 0.4) is 0 Å². The monoisotopic (exact) mass is 295 g/mol. The van der Waals surface area contributed by atoms with Gasteiger partial charge in [0.25, 0.3) is 0 Å². The van der Waals surface area contributed by atoms with Gasteiger partial charge in [-0.3, -0.25) is 0 Å². The van der Waals surface area contributed by atoms with Crippen LogP contribution in [0.15, 0.2) is 24.3 Å². The van der Waals surface area contributed by atoms with E-state index in [1.807, 2.05) is 12.1 Å². The molecule has 0 aliphatic rings. The number of benzene rings is 1. The van der Waals surface area contributed by atoms with Gasteiger partial charge in [-0.2, -0.15) is 0 Å². The van der Waals surface area contributed by atoms with Gasteiger partial charge in [0.15, 0.2) is 0 Å². The second-order valence-electron chi connectivity index (χ2n) is 6.35. The highest BCUT2D eigenvalue weighted by molar-refractivity contribution is 6.31. The van der Waals surface area contributed by atoms with Gasteiger partial charge in [-0.15, -0.1) is 0 Å². The summed E-state index contributed by atoms with van der Waals surface area (Å²) in [5.74, 6) is 1.46. The maximum Gasteiger partial charge on any atom is 0.0438 e. The van der Waals surface area contributed by atoms with E-state index in [1.165, 1.54) is 24.8 Å². The predicted octanol–water partition coefficient (Wildman–Crippen LogP) is 5.32. The van der Waals surface area contributed by atoms with Gasteiger partial charge >= 0.3 is 0 Å². The second-order valence-corrected chi connectivity index (χ2v) is 6.76. The summed E-state index contributed by atoms with van der Waals surface area (Å²) in [4.78, 5) is 0. The summed E-state index contributed by atoms with van der Waals surface area (Å²) < 4.78 is 0. The van der Waals surface area contributed by atoms with Gasteiger partial charge in [0.05, 0.1) is 0 Å². The molecular weight excluding hydrogens is 266 g/mol. The van der Waals surface area contributed by atoms with Crippen molar-refractivity contribution in [2.75, 3.05) is 6.54 Å². The van der Waals surface area contributed by atoms with E-state index >= 15 is 0 Å². The van der Waals surface area contributed by atoms with Crippen LogP contribution in [0.4, 0.5) is 0 Å². The van der Waals surface area contributed by atoms with E-state index in [9.17, 15) is 0 Å². The molecule has 0 saturated heterocycles. The summed E-state index contributed by atoms with van der Waals surface area (Å²) in [5.41, 5.74) is 1.29. The maximum atomic E-state index is 6.31. The lowest BCUT2D eigenvalue weighted by atomic mass is 9.88. The molecule has 0 aliphatic heterocycles. The second kappa shape index (κ2) is 9.41. The molecule has 0 aromatic heterocycles. The molecule has 2 heteroatoms. The number of halogens is 1. The Hall–Kier alpha value is -0.530. The van der Waals surface area contributed by atoms with Gasteiger partial charge in [0, 0.05) is 11.1 Å². The zero-order valence-corrected chi connectivity index (χ0v) is 14.2. The van der Waals surface area contributed by atoms with Crippen molar-refractivity contribution in [1.82, 2.24) is 5.32 Å². The molecule has 1 rings (SSSR count). The van der Waals surface area contributed by atoms with Crippen molar-refractivity contribution in [1.29, 1.82) is 0 Å². The quantitative estimate of drug-likeness (QED) is 0.650. The van der Waals surface area contributed by atoms with Gasteiger partial charge in [-0.25, -0.2) is 0 Å². The zero-order chi connectivity index (χ0) is 15.0. The molecule has 0 bridgehead atoms. The standard InChI is InChI=1S/C18H30ClN/c1-5-8-15(4)11-16(13-20-14(2)3)12-17-9-6-7-10-18(17)19/h6-7,9-10,14-16,20H,5,8,11-13H2,1-4H3. The molecule has 1 N–H and O–H groups in total. The lowest BCUT2D eigenvalue weighted by Crippen LogP contribution is -2.31. The minimum atomic E-state index is 0.547. The van der Waals surface area contributed by atoms with E-state index in [2.05, 4.69) is 45.1 Å². The Morgan fingerprint density at radius 1 is 1.15 bits per heavy atom. The molecule has 0 amide bonds. The van der Waals surface area contributed by atoms with Crippen molar-refractivity contribution < 1.29 is 0 Å². The van der Waals surface area contributed by atoms with Crippen LogP contribution in [0.25, 0.3) is 0 Å². The molecule has 1 aromatic carbocycles. The van der Waals surface area contributed by atoms with Crippen LogP contribution in [0, 0.1) is 11.8 Å². The number of nitrogens with one attached hydrogen (secondary N) is 1. The average Bonchev–Trinajstić information content (AvgIpc) is 2.38. The van der Waals surface area contributed by atoms with Crippen LogP contribution in [-0.2, 0) is 6.42 Å². The number of rotatable bonds is 9. The first-order valence-electron chi connectivity index (χ1n) is 7.99. The van der Waals surface area contributed by atoms with Crippen molar-refractivity contribution in [3.63, 3.8) is 0 Å². The van der Waals surface area contributed by atoms with E-state index in [0.717, 1.165) is 23.9 Å². The lowest BCUT2D eigenvalue weighted by molar-refractivity contribution is 0.346. The van der Waals surface area contributed by atoms with Crippen LogP contribution in [0.5, 0.6) is 0 Å². The van der Waals surface area contributed by atoms with Gasteiger partial charge in [-0.1, -0.05) is 70.3 Å². The van der Waals surface area contributed by atoms with Crippen LogP contribution < -0.4 is 5.32 Å². The zero-order valence-electron chi connectivity index (χ0n) is 13.5. The fourth-order valence-electron chi connectivity index (χ4n) is 2.80. The molecule has 114 valence electrons. The van der Waals surface area contributed by atoms with Gasteiger partial charge in [0.1, 0.15) is 0 Å². The molecule has 0 spiro atoms. The molecule has 0 fully saturated rings. The van der Waals surface area contributed by atoms with Gasteiger partial charge in [-0.05, 0) is 42.9 Å². The SMILES string of the molecule is CCCC(C)CC(CNC(C)C)Cc1ccccc1Cl. The summed E-state index contributed by atoms with van der Waals surface area (Å²) in [5, 5.41) is 4.50. The molecule has 0 saturated carbocycles. The Labute approximate surface area is 130 Å². The molecule has 0 radical (unpaired) electrons. The molecule has 2 atom stereocenters.